The van der Waals surface area contributed by atoms with E-state index in [1.54, 1.807) is 0 Å². The van der Waals surface area contributed by atoms with Crippen molar-refractivity contribution in [2.75, 3.05) is 13.2 Å². The minimum atomic E-state index is -0.818. The van der Waals surface area contributed by atoms with Crippen molar-refractivity contribution in [3.8, 4) is 0 Å². The average molecular weight is 813 g/mol. The molecule has 0 radical (unpaired) electrons. The van der Waals surface area contributed by atoms with Crippen molar-refractivity contribution in [2.24, 2.45) is 0 Å². The Kier molecular flexibility index (Phi) is 42.8. The van der Waals surface area contributed by atoms with E-state index in [0.717, 1.165) is 122 Å². The second-order valence-corrected chi connectivity index (χ2v) is 14.4. The van der Waals surface area contributed by atoms with Gasteiger partial charge in [0.15, 0.2) is 6.10 Å². The van der Waals surface area contributed by atoms with Gasteiger partial charge in [0.1, 0.15) is 13.2 Å². The van der Waals surface area contributed by atoms with Crippen molar-refractivity contribution < 1.29 is 28.6 Å². The van der Waals surface area contributed by atoms with E-state index in [1.807, 2.05) is 60.8 Å². The predicted molar refractivity (Wildman–Crippen MR) is 251 cm³/mol. The largest absolute Gasteiger partial charge is 0.462 e. The third-order valence-corrected chi connectivity index (χ3v) is 8.88. The number of hydrogen-bond acceptors (Lipinski definition) is 6. The molecule has 0 aromatic heterocycles. The zero-order valence-electron chi connectivity index (χ0n) is 37.2. The van der Waals surface area contributed by atoms with E-state index in [-0.39, 0.29) is 37.5 Å². The Labute approximate surface area is 360 Å². The van der Waals surface area contributed by atoms with Gasteiger partial charge in [0.25, 0.3) is 0 Å². The fraction of sp³-hybridized carbons (Fsp3) is 0.528. The Morgan fingerprint density at radius 2 is 0.610 bits per heavy atom. The van der Waals surface area contributed by atoms with Gasteiger partial charge in [-0.3, -0.25) is 14.4 Å². The minimum Gasteiger partial charge on any atom is -0.462 e. The van der Waals surface area contributed by atoms with Crippen LogP contribution in [0.3, 0.4) is 0 Å². The standard InChI is InChI=1S/C53H80O6/c1-4-7-10-13-16-19-22-25-26-29-31-34-37-40-43-46-52(55)58-49-50(59-53(56)47-44-41-38-35-32-28-24-21-18-15-12-9-6-3)48-57-51(54)45-42-39-36-33-30-27-23-20-17-14-11-8-5-2/h7-26,29,31,50H,4-6,27-28,30,32-49H2,1-3H3/b10-7-,11-8-,12-9-,16-13-,17-14-,18-15-,22-19-,23-20-,24-21-,26-25-,31-29-. The number of carbonyl (C=O) groups is 3. The van der Waals surface area contributed by atoms with Gasteiger partial charge in [-0.15, -0.1) is 0 Å². The van der Waals surface area contributed by atoms with Crippen LogP contribution in [0, 0.1) is 0 Å². The molecule has 0 rings (SSSR count). The highest BCUT2D eigenvalue weighted by atomic mass is 16.6. The summed E-state index contributed by atoms with van der Waals surface area (Å²) in [6.45, 7) is 6.11. The van der Waals surface area contributed by atoms with Crippen molar-refractivity contribution in [2.45, 2.75) is 168 Å². The van der Waals surface area contributed by atoms with Gasteiger partial charge in [0.2, 0.25) is 0 Å². The SMILES string of the molecule is CC\C=C/C=C\C=C/C=C\C=C/CCCCCC(=O)OCC(COC(=O)CCCCCCC\C=C/C=C\C=C/CC)OC(=O)CCCCCCC\C=C/C=C\C=C/CC. The van der Waals surface area contributed by atoms with Crippen LogP contribution in [-0.4, -0.2) is 37.2 Å². The maximum atomic E-state index is 12.7. The third kappa shape index (κ3) is 44.5. The normalized spacial score (nSPS) is 13.3. The molecule has 6 heteroatoms. The maximum Gasteiger partial charge on any atom is 0.306 e. The predicted octanol–water partition coefficient (Wildman–Crippen LogP) is 14.7. The van der Waals surface area contributed by atoms with E-state index in [1.165, 1.54) is 0 Å². The summed E-state index contributed by atoms with van der Waals surface area (Å²) in [4.78, 5) is 37.8. The Hall–Kier alpha value is -4.45. The first-order valence-electron chi connectivity index (χ1n) is 22.8. The van der Waals surface area contributed by atoms with Crippen LogP contribution in [0.1, 0.15) is 162 Å². The van der Waals surface area contributed by atoms with Gasteiger partial charge in [-0.1, -0.05) is 199 Å². The molecule has 0 heterocycles. The highest BCUT2D eigenvalue weighted by molar-refractivity contribution is 5.71. The van der Waals surface area contributed by atoms with Crippen LogP contribution in [0.5, 0.6) is 0 Å². The summed E-state index contributed by atoms with van der Waals surface area (Å²) in [5.74, 6) is -1.02. The van der Waals surface area contributed by atoms with Crippen LogP contribution in [0.25, 0.3) is 0 Å². The van der Waals surface area contributed by atoms with E-state index in [4.69, 9.17) is 14.2 Å². The fourth-order valence-electron chi connectivity index (χ4n) is 5.52. The van der Waals surface area contributed by atoms with Crippen LogP contribution in [-0.2, 0) is 28.6 Å². The number of hydrogen-bond donors (Lipinski definition) is 0. The van der Waals surface area contributed by atoms with Crippen molar-refractivity contribution in [1.29, 1.82) is 0 Å². The zero-order valence-corrected chi connectivity index (χ0v) is 37.2. The molecule has 328 valence electrons. The molecule has 6 nitrogen and oxygen atoms in total. The molecule has 0 aromatic carbocycles. The highest BCUT2D eigenvalue weighted by Gasteiger charge is 2.19. The van der Waals surface area contributed by atoms with E-state index < -0.39 is 6.10 Å². The van der Waals surface area contributed by atoms with Gasteiger partial charge >= 0.3 is 17.9 Å². The highest BCUT2D eigenvalue weighted by Crippen LogP contribution is 2.12. The lowest BCUT2D eigenvalue weighted by molar-refractivity contribution is -0.167. The molecule has 0 aliphatic rings. The molecule has 0 fully saturated rings. The Morgan fingerprint density at radius 1 is 0.339 bits per heavy atom. The smallest absolute Gasteiger partial charge is 0.306 e. The van der Waals surface area contributed by atoms with E-state index in [0.29, 0.717) is 12.8 Å². The average Bonchev–Trinajstić information content (AvgIpc) is 3.23. The Bertz CT molecular complexity index is 1350. The van der Waals surface area contributed by atoms with Gasteiger partial charge in [-0.05, 0) is 77.0 Å². The number of rotatable bonds is 38. The van der Waals surface area contributed by atoms with E-state index in [2.05, 4.69) is 93.7 Å². The third-order valence-electron chi connectivity index (χ3n) is 8.88. The molecular weight excluding hydrogens is 733 g/mol. The lowest BCUT2D eigenvalue weighted by Crippen LogP contribution is -2.30. The zero-order chi connectivity index (χ0) is 43.0. The molecule has 0 N–H and O–H groups in total. The number of unbranched alkanes of at least 4 members (excludes halogenated alkanes) is 13. The molecule has 0 spiro atoms. The second kappa shape index (κ2) is 46.2. The first-order valence-corrected chi connectivity index (χ1v) is 22.8. The van der Waals surface area contributed by atoms with Gasteiger partial charge in [0.05, 0.1) is 0 Å². The molecule has 0 aliphatic heterocycles. The van der Waals surface area contributed by atoms with Gasteiger partial charge in [-0.25, -0.2) is 0 Å². The van der Waals surface area contributed by atoms with Crippen LogP contribution in [0.15, 0.2) is 134 Å². The Morgan fingerprint density at radius 3 is 0.966 bits per heavy atom. The van der Waals surface area contributed by atoms with Crippen molar-refractivity contribution in [1.82, 2.24) is 0 Å². The molecule has 0 aromatic rings. The number of carbonyl (C=O) groups excluding carboxylic acids is 3. The molecule has 1 atom stereocenters. The van der Waals surface area contributed by atoms with E-state index in [9.17, 15) is 14.4 Å². The second-order valence-electron chi connectivity index (χ2n) is 14.4. The summed E-state index contributed by atoms with van der Waals surface area (Å²) in [5, 5.41) is 0. The number of ether oxygens (including phenoxy) is 3. The molecule has 59 heavy (non-hydrogen) atoms. The van der Waals surface area contributed by atoms with Crippen LogP contribution in [0.2, 0.25) is 0 Å². The van der Waals surface area contributed by atoms with Crippen molar-refractivity contribution in [3.05, 3.63) is 134 Å². The molecular formula is C53H80O6. The minimum absolute atomic E-state index is 0.117. The summed E-state index contributed by atoms with van der Waals surface area (Å²) in [7, 11) is 0. The lowest BCUT2D eigenvalue weighted by atomic mass is 10.1. The topological polar surface area (TPSA) is 78.9 Å². The first-order chi connectivity index (χ1) is 29.0. The van der Waals surface area contributed by atoms with Gasteiger partial charge in [0, 0.05) is 19.3 Å². The van der Waals surface area contributed by atoms with Gasteiger partial charge in [-0.2, -0.15) is 0 Å². The maximum absolute atomic E-state index is 12.7. The van der Waals surface area contributed by atoms with Crippen LogP contribution >= 0.6 is 0 Å². The van der Waals surface area contributed by atoms with Crippen LogP contribution < -0.4 is 0 Å². The molecule has 0 amide bonds. The molecule has 0 bridgehead atoms. The quantitative estimate of drug-likeness (QED) is 0.0267. The molecule has 0 saturated heterocycles. The van der Waals surface area contributed by atoms with Crippen LogP contribution in [0.4, 0.5) is 0 Å². The fourth-order valence-corrected chi connectivity index (χ4v) is 5.52. The summed E-state index contributed by atoms with van der Waals surface area (Å²) in [6.07, 6.45) is 64.3. The summed E-state index contributed by atoms with van der Waals surface area (Å²) in [5.41, 5.74) is 0. The molecule has 0 aliphatic carbocycles. The monoisotopic (exact) mass is 813 g/mol. The van der Waals surface area contributed by atoms with Crippen molar-refractivity contribution in [3.63, 3.8) is 0 Å². The lowest BCUT2D eigenvalue weighted by Gasteiger charge is -2.18. The van der Waals surface area contributed by atoms with E-state index >= 15 is 0 Å². The summed E-state index contributed by atoms with van der Waals surface area (Å²) < 4.78 is 16.6. The molecule has 1 unspecified atom stereocenters. The molecule has 0 saturated carbocycles. The van der Waals surface area contributed by atoms with Crippen molar-refractivity contribution >= 4 is 17.9 Å². The summed E-state index contributed by atoms with van der Waals surface area (Å²) in [6, 6.07) is 0. The van der Waals surface area contributed by atoms with Gasteiger partial charge < -0.3 is 14.2 Å². The number of allylic oxidation sites excluding steroid dienone is 22. The Balaban J connectivity index is 4.57. The number of esters is 3. The first kappa shape index (κ1) is 54.6. The summed E-state index contributed by atoms with van der Waals surface area (Å²) >= 11 is 0.